The highest BCUT2D eigenvalue weighted by Gasteiger charge is 2.40. The van der Waals surface area contributed by atoms with Gasteiger partial charge in [0.1, 0.15) is 0 Å². The third-order valence-corrected chi connectivity index (χ3v) is 2.85. The molecule has 0 unspecified atom stereocenters. The maximum Gasteiger partial charge on any atom is 0.227 e. The van der Waals surface area contributed by atoms with Crippen molar-refractivity contribution in [3.8, 4) is 0 Å². The van der Waals surface area contributed by atoms with Crippen LogP contribution < -0.4 is 11.1 Å². The van der Waals surface area contributed by atoms with Crippen molar-refractivity contribution >= 4 is 5.91 Å². The van der Waals surface area contributed by atoms with Gasteiger partial charge in [-0.25, -0.2) is 0 Å². The summed E-state index contributed by atoms with van der Waals surface area (Å²) in [6, 6.07) is 0. The lowest BCUT2D eigenvalue weighted by molar-refractivity contribution is -0.132. The van der Waals surface area contributed by atoms with Crippen molar-refractivity contribution < 1.29 is 4.79 Å². The van der Waals surface area contributed by atoms with Gasteiger partial charge in [0.25, 0.3) is 0 Å². The minimum absolute atomic E-state index is 0.0266. The standard InChI is InChI=1S/C11H24N2O/c1-8(2)7-13-9(14)10(3,4)11(5,6)12/h8H,7,12H2,1-6H3,(H,13,14). The Kier molecular flexibility index (Phi) is 4.13. The van der Waals surface area contributed by atoms with Gasteiger partial charge in [-0.15, -0.1) is 0 Å². The molecule has 0 bridgehead atoms. The molecule has 0 fully saturated rings. The monoisotopic (exact) mass is 200 g/mol. The first kappa shape index (κ1) is 13.4. The van der Waals surface area contributed by atoms with Gasteiger partial charge in [0.15, 0.2) is 0 Å². The van der Waals surface area contributed by atoms with E-state index in [-0.39, 0.29) is 5.91 Å². The molecular formula is C11H24N2O. The number of hydrogen-bond acceptors (Lipinski definition) is 2. The van der Waals surface area contributed by atoms with Crippen LogP contribution in [0, 0.1) is 11.3 Å². The fourth-order valence-corrected chi connectivity index (χ4v) is 0.810. The van der Waals surface area contributed by atoms with Crippen molar-refractivity contribution in [3.05, 3.63) is 0 Å². The van der Waals surface area contributed by atoms with Gasteiger partial charge < -0.3 is 11.1 Å². The predicted molar refractivity (Wildman–Crippen MR) is 59.9 cm³/mol. The Morgan fingerprint density at radius 3 is 2.00 bits per heavy atom. The van der Waals surface area contributed by atoms with Crippen molar-refractivity contribution in [2.45, 2.75) is 47.1 Å². The number of carbonyl (C=O) groups excluding carboxylic acids is 1. The SMILES string of the molecule is CC(C)CNC(=O)C(C)(C)C(C)(C)N. The van der Waals surface area contributed by atoms with E-state index < -0.39 is 11.0 Å². The van der Waals surface area contributed by atoms with Gasteiger partial charge in [0.05, 0.1) is 5.41 Å². The van der Waals surface area contributed by atoms with Gasteiger partial charge in [-0.05, 0) is 33.6 Å². The second-order valence-corrected chi connectivity index (χ2v) is 5.45. The first-order valence-electron chi connectivity index (χ1n) is 5.16. The Balaban J connectivity index is 4.38. The molecule has 0 radical (unpaired) electrons. The number of rotatable bonds is 4. The summed E-state index contributed by atoms with van der Waals surface area (Å²) in [6.45, 7) is 12.4. The van der Waals surface area contributed by atoms with Crippen LogP contribution in [-0.4, -0.2) is 18.0 Å². The first-order valence-corrected chi connectivity index (χ1v) is 5.16. The highest BCUT2D eigenvalue weighted by Crippen LogP contribution is 2.28. The Morgan fingerprint density at radius 2 is 1.71 bits per heavy atom. The summed E-state index contributed by atoms with van der Waals surface area (Å²) in [5, 5.41) is 2.91. The molecule has 1 amide bonds. The zero-order chi connectivity index (χ0) is 11.6. The number of nitrogens with one attached hydrogen (secondary N) is 1. The Morgan fingerprint density at radius 1 is 1.29 bits per heavy atom. The summed E-state index contributed by atoms with van der Waals surface area (Å²) >= 11 is 0. The molecule has 3 nitrogen and oxygen atoms in total. The third kappa shape index (κ3) is 3.29. The summed E-state index contributed by atoms with van der Waals surface area (Å²) in [5.41, 5.74) is 4.91. The lowest BCUT2D eigenvalue weighted by atomic mass is 9.74. The topological polar surface area (TPSA) is 55.1 Å². The molecule has 0 aliphatic heterocycles. The van der Waals surface area contributed by atoms with E-state index in [0.717, 1.165) is 0 Å². The second-order valence-electron chi connectivity index (χ2n) is 5.45. The zero-order valence-corrected chi connectivity index (χ0v) is 10.3. The average Bonchev–Trinajstić information content (AvgIpc) is 1.97. The van der Waals surface area contributed by atoms with Crippen molar-refractivity contribution in [3.63, 3.8) is 0 Å². The van der Waals surface area contributed by atoms with Crippen LogP contribution in [0.3, 0.4) is 0 Å². The van der Waals surface area contributed by atoms with Crippen LogP contribution in [0.15, 0.2) is 0 Å². The van der Waals surface area contributed by atoms with Crippen LogP contribution in [0.1, 0.15) is 41.5 Å². The van der Waals surface area contributed by atoms with E-state index in [9.17, 15) is 4.79 Å². The Labute approximate surface area is 87.4 Å². The highest BCUT2D eigenvalue weighted by atomic mass is 16.2. The van der Waals surface area contributed by atoms with Crippen molar-refractivity contribution in [1.29, 1.82) is 0 Å². The van der Waals surface area contributed by atoms with Gasteiger partial charge in [0.2, 0.25) is 5.91 Å². The van der Waals surface area contributed by atoms with Gasteiger partial charge in [0, 0.05) is 12.1 Å². The zero-order valence-electron chi connectivity index (χ0n) is 10.3. The lowest BCUT2D eigenvalue weighted by Crippen LogP contribution is -2.55. The van der Waals surface area contributed by atoms with E-state index in [0.29, 0.717) is 12.5 Å². The minimum Gasteiger partial charge on any atom is -0.355 e. The highest BCUT2D eigenvalue weighted by molar-refractivity contribution is 5.83. The summed E-state index contributed by atoms with van der Waals surface area (Å²) in [6.07, 6.45) is 0. The molecule has 84 valence electrons. The fraction of sp³-hybridized carbons (Fsp3) is 0.909. The minimum atomic E-state index is -0.540. The number of hydrogen-bond donors (Lipinski definition) is 2. The van der Waals surface area contributed by atoms with Crippen molar-refractivity contribution in [1.82, 2.24) is 5.32 Å². The molecule has 0 aromatic carbocycles. The van der Waals surface area contributed by atoms with Crippen LogP contribution in [0.25, 0.3) is 0 Å². The van der Waals surface area contributed by atoms with E-state index in [1.807, 2.05) is 27.7 Å². The largest absolute Gasteiger partial charge is 0.355 e. The number of carbonyl (C=O) groups is 1. The summed E-state index contributed by atoms with van der Waals surface area (Å²) in [5.74, 6) is 0.495. The second kappa shape index (κ2) is 4.30. The molecule has 3 N–H and O–H groups in total. The normalized spacial score (nSPS) is 13.1. The molecule has 0 atom stereocenters. The molecule has 0 aromatic heterocycles. The van der Waals surface area contributed by atoms with Crippen molar-refractivity contribution in [2.75, 3.05) is 6.54 Å². The molecule has 3 heteroatoms. The number of nitrogens with two attached hydrogens (primary N) is 1. The molecule has 0 spiro atoms. The molecular weight excluding hydrogens is 176 g/mol. The Bertz CT molecular complexity index is 202. The van der Waals surface area contributed by atoms with Gasteiger partial charge in [-0.1, -0.05) is 13.8 Å². The Hall–Kier alpha value is -0.570. The van der Waals surface area contributed by atoms with Crippen LogP contribution >= 0.6 is 0 Å². The molecule has 0 heterocycles. The number of amides is 1. The van der Waals surface area contributed by atoms with Crippen LogP contribution in [0.5, 0.6) is 0 Å². The van der Waals surface area contributed by atoms with Gasteiger partial charge >= 0.3 is 0 Å². The molecule has 14 heavy (non-hydrogen) atoms. The van der Waals surface area contributed by atoms with E-state index in [4.69, 9.17) is 5.73 Å². The van der Waals surface area contributed by atoms with Crippen molar-refractivity contribution in [2.24, 2.45) is 17.1 Å². The maximum absolute atomic E-state index is 11.8. The molecule has 0 aliphatic carbocycles. The van der Waals surface area contributed by atoms with E-state index >= 15 is 0 Å². The molecule has 0 aliphatic rings. The quantitative estimate of drug-likeness (QED) is 0.723. The summed E-state index contributed by atoms with van der Waals surface area (Å²) < 4.78 is 0. The van der Waals surface area contributed by atoms with E-state index in [1.54, 1.807) is 0 Å². The van der Waals surface area contributed by atoms with Crippen LogP contribution in [0.4, 0.5) is 0 Å². The van der Waals surface area contributed by atoms with Crippen LogP contribution in [-0.2, 0) is 4.79 Å². The maximum atomic E-state index is 11.8. The first-order chi connectivity index (χ1) is 6.09. The molecule has 0 rings (SSSR count). The lowest BCUT2D eigenvalue weighted by Gasteiger charge is -2.37. The molecule has 0 aromatic rings. The molecule has 0 saturated carbocycles. The van der Waals surface area contributed by atoms with Gasteiger partial charge in [-0.2, -0.15) is 0 Å². The average molecular weight is 200 g/mol. The third-order valence-electron chi connectivity index (χ3n) is 2.85. The predicted octanol–water partition coefficient (Wildman–Crippen LogP) is 1.52. The van der Waals surface area contributed by atoms with E-state index in [1.165, 1.54) is 0 Å². The van der Waals surface area contributed by atoms with E-state index in [2.05, 4.69) is 19.2 Å². The smallest absolute Gasteiger partial charge is 0.227 e. The van der Waals surface area contributed by atoms with Gasteiger partial charge in [-0.3, -0.25) is 4.79 Å². The van der Waals surface area contributed by atoms with Crippen LogP contribution in [0.2, 0.25) is 0 Å². The molecule has 0 saturated heterocycles. The summed E-state index contributed by atoms with van der Waals surface area (Å²) in [4.78, 5) is 11.8. The fourth-order valence-electron chi connectivity index (χ4n) is 0.810. The summed E-state index contributed by atoms with van der Waals surface area (Å²) in [7, 11) is 0.